The molecule has 2 aromatic rings. The maximum atomic E-state index is 10.9. The van der Waals surface area contributed by atoms with E-state index in [1.807, 2.05) is 12.4 Å². The van der Waals surface area contributed by atoms with E-state index >= 15 is 0 Å². The normalized spacial score (nSPS) is 19.1. The van der Waals surface area contributed by atoms with Crippen LogP contribution in [0.25, 0.3) is 0 Å². The molecule has 4 aliphatic heterocycles. The molecular weight excluding hydrogens is 424 g/mol. The number of rotatable bonds is 5. The minimum absolute atomic E-state index is 0.402. The van der Waals surface area contributed by atoms with E-state index in [4.69, 9.17) is 0 Å². The molecule has 4 aliphatic rings. The number of phenolic OH excluding ortho intramolecular Hbond substituents is 2. The number of anilines is 2. The quantitative estimate of drug-likeness (QED) is 0.524. The van der Waals surface area contributed by atoms with Crippen LogP contribution in [0.5, 0.6) is 11.5 Å². The Balaban J connectivity index is 1.14. The summed E-state index contributed by atoms with van der Waals surface area (Å²) in [4.78, 5) is 14.0. The van der Waals surface area contributed by atoms with Gasteiger partial charge in [0, 0.05) is 72.2 Å². The summed E-state index contributed by atoms with van der Waals surface area (Å²) < 4.78 is 0. The predicted octanol–water partition coefficient (Wildman–Crippen LogP) is 4.03. The van der Waals surface area contributed by atoms with Gasteiger partial charge in [0.1, 0.15) is 11.5 Å². The zero-order chi connectivity index (χ0) is 23.1. The van der Waals surface area contributed by atoms with Crippen LogP contribution in [0, 0.1) is 0 Å². The standard InChI is InChI=1S/C28H34N4O2/c33-27-21(15-19-5-1-11-31-13-3-7-23(27)25(19)31)17-29-9-10-30-18-22-16-20-6-2-12-32-14-4-8-24(26(20)32)28(22)34/h15-18,33-34H,1-14H2. The summed E-state index contributed by atoms with van der Waals surface area (Å²) in [6.45, 7) is 5.52. The molecule has 0 atom stereocenters. The van der Waals surface area contributed by atoms with Gasteiger partial charge in [-0.2, -0.15) is 0 Å². The second-order valence-corrected chi connectivity index (χ2v) is 10.1. The average Bonchev–Trinajstić information content (AvgIpc) is 2.87. The molecule has 0 radical (unpaired) electrons. The van der Waals surface area contributed by atoms with E-state index in [9.17, 15) is 10.2 Å². The molecule has 6 rings (SSSR count). The van der Waals surface area contributed by atoms with Crippen LogP contribution in [0.15, 0.2) is 22.1 Å². The van der Waals surface area contributed by atoms with Gasteiger partial charge in [0.2, 0.25) is 0 Å². The van der Waals surface area contributed by atoms with E-state index in [1.165, 1.54) is 35.3 Å². The van der Waals surface area contributed by atoms with Crippen molar-refractivity contribution in [1.29, 1.82) is 0 Å². The smallest absolute Gasteiger partial charge is 0.129 e. The van der Waals surface area contributed by atoms with Crippen LogP contribution in [0.2, 0.25) is 0 Å². The van der Waals surface area contributed by atoms with Crippen LogP contribution < -0.4 is 9.80 Å². The fraction of sp³-hybridized carbons (Fsp3) is 0.500. The fourth-order valence-corrected chi connectivity index (χ4v) is 6.37. The maximum Gasteiger partial charge on any atom is 0.129 e. The van der Waals surface area contributed by atoms with Gasteiger partial charge in [-0.05, 0) is 74.6 Å². The van der Waals surface area contributed by atoms with E-state index < -0.39 is 0 Å². The summed E-state index contributed by atoms with van der Waals surface area (Å²) in [5.41, 5.74) is 9.14. The van der Waals surface area contributed by atoms with Crippen molar-refractivity contribution in [2.24, 2.45) is 9.98 Å². The summed E-state index contributed by atoms with van der Waals surface area (Å²) in [5, 5.41) is 21.7. The topological polar surface area (TPSA) is 71.7 Å². The van der Waals surface area contributed by atoms with Gasteiger partial charge >= 0.3 is 0 Å². The van der Waals surface area contributed by atoms with Crippen LogP contribution in [-0.4, -0.2) is 61.9 Å². The Morgan fingerprint density at radius 2 is 1.06 bits per heavy atom. The highest BCUT2D eigenvalue weighted by molar-refractivity contribution is 5.88. The number of aryl methyl sites for hydroxylation is 2. The summed E-state index contributed by atoms with van der Waals surface area (Å²) >= 11 is 0. The first-order valence-corrected chi connectivity index (χ1v) is 13.0. The lowest BCUT2D eigenvalue weighted by Crippen LogP contribution is -2.34. The number of phenols is 2. The molecule has 2 N–H and O–H groups in total. The molecule has 0 fully saturated rings. The molecule has 178 valence electrons. The second-order valence-electron chi connectivity index (χ2n) is 10.1. The number of hydrogen-bond donors (Lipinski definition) is 2. The average molecular weight is 459 g/mol. The molecule has 6 nitrogen and oxygen atoms in total. The molecule has 0 aliphatic carbocycles. The Bertz CT molecular complexity index is 1070. The number of hydrogen-bond acceptors (Lipinski definition) is 6. The summed E-state index contributed by atoms with van der Waals surface area (Å²) in [5.74, 6) is 0.805. The van der Waals surface area contributed by atoms with Gasteiger partial charge in [-0.3, -0.25) is 9.98 Å². The van der Waals surface area contributed by atoms with Gasteiger partial charge in [-0.25, -0.2) is 0 Å². The minimum Gasteiger partial charge on any atom is -0.507 e. The third-order valence-corrected chi connectivity index (χ3v) is 7.87. The van der Waals surface area contributed by atoms with Crippen molar-refractivity contribution in [3.63, 3.8) is 0 Å². The second kappa shape index (κ2) is 8.97. The first kappa shape index (κ1) is 21.5. The predicted molar refractivity (Wildman–Crippen MR) is 139 cm³/mol. The third-order valence-electron chi connectivity index (χ3n) is 7.87. The number of benzene rings is 2. The third kappa shape index (κ3) is 3.73. The molecule has 0 saturated carbocycles. The highest BCUT2D eigenvalue weighted by Gasteiger charge is 2.28. The van der Waals surface area contributed by atoms with Gasteiger partial charge in [-0.15, -0.1) is 0 Å². The fourth-order valence-electron chi connectivity index (χ4n) is 6.37. The molecule has 0 saturated heterocycles. The Morgan fingerprint density at radius 3 is 1.50 bits per heavy atom. The van der Waals surface area contributed by atoms with Gasteiger partial charge in [-0.1, -0.05) is 0 Å². The molecular formula is C28H34N4O2. The number of aliphatic imine (C=N–C) groups is 2. The zero-order valence-corrected chi connectivity index (χ0v) is 19.9. The van der Waals surface area contributed by atoms with Gasteiger partial charge in [0.15, 0.2) is 0 Å². The lowest BCUT2D eigenvalue weighted by atomic mass is 9.89. The van der Waals surface area contributed by atoms with Gasteiger partial charge < -0.3 is 20.0 Å². The highest BCUT2D eigenvalue weighted by Crippen LogP contribution is 2.42. The van der Waals surface area contributed by atoms with E-state index in [0.29, 0.717) is 24.6 Å². The Kier molecular flexibility index (Phi) is 5.67. The highest BCUT2D eigenvalue weighted by atomic mass is 16.3. The van der Waals surface area contributed by atoms with Crippen molar-refractivity contribution in [1.82, 2.24) is 0 Å². The molecule has 0 spiro atoms. The Labute approximate surface area is 201 Å². The van der Waals surface area contributed by atoms with Gasteiger partial charge in [0.05, 0.1) is 13.1 Å². The largest absolute Gasteiger partial charge is 0.507 e. The lowest BCUT2D eigenvalue weighted by Gasteiger charge is -2.37. The molecule has 0 aromatic heterocycles. The zero-order valence-electron chi connectivity index (χ0n) is 19.9. The number of nitrogens with zero attached hydrogens (tertiary/aromatic N) is 4. The van der Waals surface area contributed by atoms with Crippen molar-refractivity contribution in [2.45, 2.75) is 51.4 Å². The maximum absolute atomic E-state index is 10.9. The monoisotopic (exact) mass is 458 g/mol. The Hall–Kier alpha value is -3.02. The molecule has 6 heteroatoms. The van der Waals surface area contributed by atoms with E-state index in [0.717, 1.165) is 87.0 Å². The van der Waals surface area contributed by atoms with Crippen molar-refractivity contribution in [2.75, 3.05) is 49.1 Å². The van der Waals surface area contributed by atoms with Crippen molar-refractivity contribution < 1.29 is 10.2 Å². The Morgan fingerprint density at radius 1 is 0.647 bits per heavy atom. The molecule has 0 amide bonds. The minimum atomic E-state index is 0.402. The first-order valence-electron chi connectivity index (χ1n) is 13.0. The molecule has 0 bridgehead atoms. The molecule has 34 heavy (non-hydrogen) atoms. The first-order chi connectivity index (χ1) is 16.7. The molecule has 0 unspecified atom stereocenters. The van der Waals surface area contributed by atoms with Crippen LogP contribution >= 0.6 is 0 Å². The molecule has 4 heterocycles. The molecule has 2 aromatic carbocycles. The van der Waals surface area contributed by atoms with Crippen LogP contribution in [0.4, 0.5) is 11.4 Å². The van der Waals surface area contributed by atoms with Crippen molar-refractivity contribution in [3.05, 3.63) is 45.5 Å². The van der Waals surface area contributed by atoms with Crippen LogP contribution in [-0.2, 0) is 25.7 Å². The summed E-state index contributed by atoms with van der Waals surface area (Å²) in [6.07, 6.45) is 12.2. The van der Waals surface area contributed by atoms with Crippen molar-refractivity contribution >= 4 is 23.8 Å². The van der Waals surface area contributed by atoms with Crippen LogP contribution in [0.1, 0.15) is 59.1 Å². The lowest BCUT2D eigenvalue weighted by molar-refractivity contribution is 0.461. The van der Waals surface area contributed by atoms with E-state index in [-0.39, 0.29) is 0 Å². The van der Waals surface area contributed by atoms with Crippen LogP contribution in [0.3, 0.4) is 0 Å². The summed E-state index contributed by atoms with van der Waals surface area (Å²) in [6, 6.07) is 4.25. The SMILES string of the molecule is Oc1c(C=NCCN=Cc2cc3c4c(c2O)CCCN4CCC3)cc2c3c1CCCN3CCC2. The summed E-state index contributed by atoms with van der Waals surface area (Å²) in [7, 11) is 0. The number of aromatic hydroxyl groups is 2. The van der Waals surface area contributed by atoms with E-state index in [1.54, 1.807) is 0 Å². The van der Waals surface area contributed by atoms with E-state index in [2.05, 4.69) is 31.9 Å². The van der Waals surface area contributed by atoms with Gasteiger partial charge in [0.25, 0.3) is 0 Å². The van der Waals surface area contributed by atoms with Crippen molar-refractivity contribution in [3.8, 4) is 11.5 Å².